The van der Waals surface area contributed by atoms with Gasteiger partial charge in [-0.1, -0.05) is 0 Å². The molecule has 1 unspecified atom stereocenters. The topological polar surface area (TPSA) is 61.5 Å². The van der Waals surface area contributed by atoms with Crippen molar-refractivity contribution in [2.24, 2.45) is 5.73 Å². The molecule has 0 bridgehead atoms. The number of esters is 1. The van der Waals surface area contributed by atoms with Crippen LogP contribution in [0.15, 0.2) is 0 Å². The van der Waals surface area contributed by atoms with Gasteiger partial charge in [-0.3, -0.25) is 4.79 Å². The van der Waals surface area contributed by atoms with Crippen LogP contribution in [0, 0.1) is 0 Å². The lowest BCUT2D eigenvalue weighted by molar-refractivity contribution is -0.149. The van der Waals surface area contributed by atoms with Gasteiger partial charge in [-0.05, 0) is 33.1 Å². The van der Waals surface area contributed by atoms with Crippen LogP contribution in [0.2, 0.25) is 0 Å². The standard InChI is InChI=1S/C12H22F3NO3/c1-3-19-10(17)11(2,16)6-4-5-8-18-9-7-12(13,14)15/h3-9,16H2,1-2H3. The van der Waals surface area contributed by atoms with Crippen LogP contribution in [0.1, 0.15) is 39.5 Å². The van der Waals surface area contributed by atoms with Crippen LogP contribution >= 0.6 is 0 Å². The molecule has 0 aromatic rings. The first-order valence-electron chi connectivity index (χ1n) is 6.29. The molecule has 4 nitrogen and oxygen atoms in total. The summed E-state index contributed by atoms with van der Waals surface area (Å²) in [7, 11) is 0. The number of carbonyl (C=O) groups excluding carboxylic acids is 1. The summed E-state index contributed by atoms with van der Waals surface area (Å²) in [6.07, 6.45) is -3.56. The molecule has 0 rings (SSSR count). The zero-order chi connectivity index (χ0) is 14.9. The predicted molar refractivity (Wildman–Crippen MR) is 64.6 cm³/mol. The Morgan fingerprint density at radius 1 is 1.16 bits per heavy atom. The van der Waals surface area contributed by atoms with Gasteiger partial charge in [0, 0.05) is 6.61 Å². The molecule has 19 heavy (non-hydrogen) atoms. The Hall–Kier alpha value is -0.820. The van der Waals surface area contributed by atoms with Gasteiger partial charge in [-0.15, -0.1) is 0 Å². The van der Waals surface area contributed by atoms with Crippen LogP contribution in [-0.4, -0.2) is 37.5 Å². The SMILES string of the molecule is CCOC(=O)C(C)(N)CCCCOCCC(F)(F)F. The van der Waals surface area contributed by atoms with E-state index in [9.17, 15) is 18.0 Å². The second-order valence-corrected chi connectivity index (χ2v) is 4.57. The zero-order valence-corrected chi connectivity index (χ0v) is 11.4. The van der Waals surface area contributed by atoms with E-state index in [-0.39, 0.29) is 19.8 Å². The van der Waals surface area contributed by atoms with Crippen molar-refractivity contribution in [2.75, 3.05) is 19.8 Å². The van der Waals surface area contributed by atoms with Gasteiger partial charge in [0.05, 0.1) is 19.6 Å². The van der Waals surface area contributed by atoms with E-state index in [0.29, 0.717) is 19.3 Å². The summed E-state index contributed by atoms with van der Waals surface area (Å²) < 4.78 is 45.1. The van der Waals surface area contributed by atoms with Crippen molar-refractivity contribution >= 4 is 5.97 Å². The lowest BCUT2D eigenvalue weighted by Crippen LogP contribution is -2.46. The molecule has 0 aliphatic rings. The van der Waals surface area contributed by atoms with Gasteiger partial charge in [-0.2, -0.15) is 13.2 Å². The number of nitrogens with two attached hydrogens (primary N) is 1. The summed E-state index contributed by atoms with van der Waals surface area (Å²) in [5.74, 6) is -0.465. The van der Waals surface area contributed by atoms with Gasteiger partial charge >= 0.3 is 12.1 Å². The van der Waals surface area contributed by atoms with Crippen molar-refractivity contribution in [3.8, 4) is 0 Å². The third-order valence-corrected chi connectivity index (χ3v) is 2.51. The molecule has 0 spiro atoms. The molecule has 1 atom stereocenters. The molecular weight excluding hydrogens is 263 g/mol. The highest BCUT2D eigenvalue weighted by molar-refractivity contribution is 5.79. The lowest BCUT2D eigenvalue weighted by atomic mass is 9.96. The van der Waals surface area contributed by atoms with E-state index >= 15 is 0 Å². The number of halogens is 3. The van der Waals surface area contributed by atoms with E-state index in [1.807, 2.05) is 0 Å². The van der Waals surface area contributed by atoms with Crippen LogP contribution < -0.4 is 5.73 Å². The van der Waals surface area contributed by atoms with Crippen molar-refractivity contribution in [3.63, 3.8) is 0 Å². The number of unbranched alkanes of at least 4 members (excludes halogenated alkanes) is 1. The molecule has 114 valence electrons. The highest BCUT2D eigenvalue weighted by Crippen LogP contribution is 2.19. The summed E-state index contributed by atoms with van der Waals surface area (Å²) in [6.45, 7) is 3.44. The lowest BCUT2D eigenvalue weighted by Gasteiger charge is -2.21. The number of hydrogen-bond acceptors (Lipinski definition) is 4. The van der Waals surface area contributed by atoms with Crippen LogP contribution in [0.25, 0.3) is 0 Å². The van der Waals surface area contributed by atoms with Crippen molar-refractivity contribution in [1.82, 2.24) is 0 Å². The number of hydrogen-bond donors (Lipinski definition) is 1. The molecule has 2 N–H and O–H groups in total. The first kappa shape index (κ1) is 18.2. The Bertz CT molecular complexity index is 267. The Kier molecular flexibility index (Phi) is 8.01. The van der Waals surface area contributed by atoms with Crippen molar-refractivity contribution in [3.05, 3.63) is 0 Å². The molecule has 0 aliphatic carbocycles. The molecule has 7 heteroatoms. The normalized spacial score (nSPS) is 15.1. The van der Waals surface area contributed by atoms with Gasteiger partial charge in [-0.25, -0.2) is 0 Å². The summed E-state index contributed by atoms with van der Waals surface area (Å²) in [6, 6.07) is 0. The monoisotopic (exact) mass is 285 g/mol. The minimum atomic E-state index is -4.18. The first-order valence-corrected chi connectivity index (χ1v) is 6.29. The minimum Gasteiger partial charge on any atom is -0.465 e. The Morgan fingerprint density at radius 3 is 2.32 bits per heavy atom. The average molecular weight is 285 g/mol. The average Bonchev–Trinajstić information content (AvgIpc) is 2.26. The van der Waals surface area contributed by atoms with Gasteiger partial charge in [0.2, 0.25) is 0 Å². The van der Waals surface area contributed by atoms with Crippen LogP contribution in [0.3, 0.4) is 0 Å². The predicted octanol–water partition coefficient (Wildman–Crippen LogP) is 2.41. The van der Waals surface area contributed by atoms with E-state index in [2.05, 4.69) is 0 Å². The maximum absolute atomic E-state index is 11.8. The summed E-state index contributed by atoms with van der Waals surface area (Å²) in [5, 5.41) is 0. The third-order valence-electron chi connectivity index (χ3n) is 2.51. The Balaban J connectivity index is 3.61. The fourth-order valence-electron chi connectivity index (χ4n) is 1.38. The smallest absolute Gasteiger partial charge is 0.391 e. The molecule has 0 saturated carbocycles. The quantitative estimate of drug-likeness (QED) is 0.522. The van der Waals surface area contributed by atoms with E-state index in [0.717, 1.165) is 0 Å². The number of rotatable bonds is 9. The molecule has 0 aromatic carbocycles. The largest absolute Gasteiger partial charge is 0.465 e. The van der Waals surface area contributed by atoms with Gasteiger partial charge in [0.1, 0.15) is 5.54 Å². The van der Waals surface area contributed by atoms with Crippen LogP contribution in [0.5, 0.6) is 0 Å². The number of alkyl halides is 3. The maximum atomic E-state index is 11.8. The molecule has 0 fully saturated rings. The van der Waals surface area contributed by atoms with E-state index in [4.69, 9.17) is 15.2 Å². The van der Waals surface area contributed by atoms with Crippen molar-refractivity contribution < 1.29 is 27.4 Å². The van der Waals surface area contributed by atoms with E-state index in [1.165, 1.54) is 0 Å². The fourth-order valence-corrected chi connectivity index (χ4v) is 1.38. The van der Waals surface area contributed by atoms with Crippen molar-refractivity contribution in [2.45, 2.75) is 51.2 Å². The van der Waals surface area contributed by atoms with Gasteiger partial charge in [0.15, 0.2) is 0 Å². The van der Waals surface area contributed by atoms with Crippen LogP contribution in [-0.2, 0) is 14.3 Å². The van der Waals surface area contributed by atoms with Gasteiger partial charge < -0.3 is 15.2 Å². The first-order chi connectivity index (χ1) is 8.69. The second kappa shape index (κ2) is 8.37. The highest BCUT2D eigenvalue weighted by Gasteiger charge is 2.29. The zero-order valence-electron chi connectivity index (χ0n) is 11.4. The number of ether oxygens (including phenoxy) is 2. The van der Waals surface area contributed by atoms with Gasteiger partial charge in [0.25, 0.3) is 0 Å². The third kappa shape index (κ3) is 9.72. The molecule has 0 aliphatic heterocycles. The molecule has 0 heterocycles. The minimum absolute atomic E-state index is 0.231. The molecule has 0 radical (unpaired) electrons. The summed E-state index contributed by atoms with van der Waals surface area (Å²) >= 11 is 0. The fraction of sp³-hybridized carbons (Fsp3) is 0.917. The van der Waals surface area contributed by atoms with Crippen molar-refractivity contribution in [1.29, 1.82) is 0 Å². The number of carbonyl (C=O) groups is 1. The Morgan fingerprint density at radius 2 is 1.79 bits per heavy atom. The highest BCUT2D eigenvalue weighted by atomic mass is 19.4. The van der Waals surface area contributed by atoms with E-state index in [1.54, 1.807) is 13.8 Å². The van der Waals surface area contributed by atoms with E-state index < -0.39 is 24.1 Å². The maximum Gasteiger partial charge on any atom is 0.391 e. The summed E-state index contributed by atoms with van der Waals surface area (Å²) in [5.41, 5.74) is 4.73. The summed E-state index contributed by atoms with van der Waals surface area (Å²) in [4.78, 5) is 11.4. The second-order valence-electron chi connectivity index (χ2n) is 4.57. The Labute approximate surface area is 111 Å². The molecule has 0 aromatic heterocycles. The molecular formula is C12H22F3NO3. The molecule has 0 saturated heterocycles. The molecule has 0 amide bonds. The van der Waals surface area contributed by atoms with Crippen LogP contribution in [0.4, 0.5) is 13.2 Å².